The van der Waals surface area contributed by atoms with Crippen LogP contribution in [0.3, 0.4) is 0 Å². The summed E-state index contributed by atoms with van der Waals surface area (Å²) < 4.78 is 6.86. The number of aliphatic hydroxyl groups is 1. The molecule has 150 valence electrons. The maximum Gasteiger partial charge on any atom is 0.276 e. The van der Waals surface area contributed by atoms with Gasteiger partial charge in [0.2, 0.25) is 5.43 Å². The van der Waals surface area contributed by atoms with Gasteiger partial charge in [0.1, 0.15) is 5.75 Å². The van der Waals surface area contributed by atoms with Gasteiger partial charge in [-0.3, -0.25) is 14.3 Å². The molecule has 0 radical (unpaired) electrons. The predicted molar refractivity (Wildman–Crippen MR) is 109 cm³/mol. The molecule has 2 N–H and O–H groups in total. The molecule has 3 aromatic rings. The summed E-state index contributed by atoms with van der Waals surface area (Å²) in [6.45, 7) is 0.400. The second-order valence-electron chi connectivity index (χ2n) is 7.28. The zero-order valence-corrected chi connectivity index (χ0v) is 16.2. The highest BCUT2D eigenvalue weighted by Crippen LogP contribution is 2.19. The number of rotatable bonds is 5. The van der Waals surface area contributed by atoms with E-state index < -0.39 is 17.4 Å². The van der Waals surface area contributed by atoms with Crippen LogP contribution in [0.1, 0.15) is 35.3 Å². The Labute approximate surface area is 167 Å². The Bertz CT molecular complexity index is 1090. The predicted octanol–water partition coefficient (Wildman–Crippen LogP) is 2.10. The average Bonchev–Trinajstić information content (AvgIpc) is 3.15. The van der Waals surface area contributed by atoms with E-state index in [1.807, 2.05) is 36.4 Å². The second kappa shape index (κ2) is 8.05. The number of hydrogen-bond acceptors (Lipinski definition) is 5. The van der Waals surface area contributed by atoms with Gasteiger partial charge < -0.3 is 15.2 Å². The Morgan fingerprint density at radius 3 is 2.66 bits per heavy atom. The number of para-hydroxylation sites is 1. The summed E-state index contributed by atoms with van der Waals surface area (Å²) in [4.78, 5) is 25.7. The van der Waals surface area contributed by atoms with Crippen molar-refractivity contribution in [2.75, 3.05) is 7.11 Å². The van der Waals surface area contributed by atoms with E-state index in [0.717, 1.165) is 17.7 Å². The van der Waals surface area contributed by atoms with Crippen LogP contribution >= 0.6 is 0 Å². The number of carbonyl (C=O) groups excluding carboxylic acids is 1. The Balaban J connectivity index is 1.72. The monoisotopic (exact) mass is 393 g/mol. The Morgan fingerprint density at radius 1 is 1.21 bits per heavy atom. The highest BCUT2D eigenvalue weighted by atomic mass is 16.5. The maximum atomic E-state index is 12.9. The van der Waals surface area contributed by atoms with Gasteiger partial charge in [0, 0.05) is 5.39 Å². The third-order valence-electron chi connectivity index (χ3n) is 5.36. The number of hydrogen-bond donors (Lipinski definition) is 2. The molecular weight excluding hydrogens is 370 g/mol. The van der Waals surface area contributed by atoms with Crippen molar-refractivity contribution in [2.24, 2.45) is 0 Å². The van der Waals surface area contributed by atoms with Gasteiger partial charge in [-0.25, -0.2) is 0 Å². The van der Waals surface area contributed by atoms with Crippen LogP contribution in [0.15, 0.2) is 53.3 Å². The molecule has 2 atom stereocenters. The first-order valence-electron chi connectivity index (χ1n) is 9.68. The minimum absolute atomic E-state index is 0.156. The molecule has 2 aromatic carbocycles. The zero-order chi connectivity index (χ0) is 20.4. The number of benzene rings is 2. The summed E-state index contributed by atoms with van der Waals surface area (Å²) in [5.74, 6) is 0.205. The molecule has 1 amide bonds. The van der Waals surface area contributed by atoms with Gasteiger partial charge in [-0.1, -0.05) is 24.3 Å². The molecule has 1 aliphatic carbocycles. The van der Waals surface area contributed by atoms with Crippen molar-refractivity contribution in [3.63, 3.8) is 0 Å². The third kappa shape index (κ3) is 3.86. The Morgan fingerprint density at radius 2 is 1.97 bits per heavy atom. The van der Waals surface area contributed by atoms with Crippen LogP contribution in [-0.4, -0.2) is 40.0 Å². The molecule has 1 fully saturated rings. The Hall–Kier alpha value is -3.19. The lowest BCUT2D eigenvalue weighted by Crippen LogP contribution is -2.42. The van der Waals surface area contributed by atoms with Crippen molar-refractivity contribution < 1.29 is 14.6 Å². The number of fused-ring (bicyclic) bond motifs is 1. The van der Waals surface area contributed by atoms with Crippen LogP contribution in [0.5, 0.6) is 5.75 Å². The van der Waals surface area contributed by atoms with E-state index in [1.54, 1.807) is 23.9 Å². The van der Waals surface area contributed by atoms with Crippen molar-refractivity contribution in [2.45, 2.75) is 38.0 Å². The first-order valence-corrected chi connectivity index (χ1v) is 9.68. The molecule has 29 heavy (non-hydrogen) atoms. The van der Waals surface area contributed by atoms with Crippen molar-refractivity contribution >= 4 is 16.8 Å². The minimum Gasteiger partial charge on any atom is -0.497 e. The summed E-state index contributed by atoms with van der Waals surface area (Å²) in [6.07, 6.45) is 1.61. The highest BCUT2D eigenvalue weighted by Gasteiger charge is 2.28. The first kappa shape index (κ1) is 19.1. The van der Waals surface area contributed by atoms with Crippen molar-refractivity contribution in [3.05, 3.63) is 70.0 Å². The van der Waals surface area contributed by atoms with E-state index >= 15 is 0 Å². The second-order valence-corrected chi connectivity index (χ2v) is 7.28. The van der Waals surface area contributed by atoms with E-state index in [1.165, 1.54) is 0 Å². The smallest absolute Gasteiger partial charge is 0.276 e. The number of aliphatic hydroxyl groups excluding tert-OH is 1. The van der Waals surface area contributed by atoms with Gasteiger partial charge in [0.15, 0.2) is 5.69 Å². The van der Waals surface area contributed by atoms with E-state index in [2.05, 4.69) is 10.4 Å². The lowest BCUT2D eigenvalue weighted by atomic mass is 10.1. The van der Waals surface area contributed by atoms with E-state index in [-0.39, 0.29) is 11.7 Å². The molecular formula is C22H23N3O4. The number of nitrogens with zero attached hydrogens (tertiary/aromatic N) is 2. The van der Waals surface area contributed by atoms with Gasteiger partial charge in [0.25, 0.3) is 5.91 Å². The van der Waals surface area contributed by atoms with Crippen LogP contribution in [-0.2, 0) is 6.54 Å². The van der Waals surface area contributed by atoms with E-state index in [4.69, 9.17) is 4.74 Å². The van der Waals surface area contributed by atoms with Crippen molar-refractivity contribution in [1.29, 1.82) is 0 Å². The molecule has 1 heterocycles. The molecule has 4 rings (SSSR count). The fourth-order valence-corrected chi connectivity index (χ4v) is 3.76. The molecule has 1 aromatic heterocycles. The van der Waals surface area contributed by atoms with Crippen LogP contribution < -0.4 is 15.5 Å². The number of amides is 1. The normalized spacial score (nSPS) is 18.7. The lowest BCUT2D eigenvalue weighted by molar-refractivity contribution is 0.0865. The van der Waals surface area contributed by atoms with Crippen molar-refractivity contribution in [3.8, 4) is 5.75 Å². The summed E-state index contributed by atoms with van der Waals surface area (Å²) in [6, 6.07) is 14.3. The molecule has 0 unspecified atom stereocenters. The maximum absolute atomic E-state index is 12.9. The quantitative estimate of drug-likeness (QED) is 0.692. The Kier molecular flexibility index (Phi) is 5.31. The fourth-order valence-electron chi connectivity index (χ4n) is 3.76. The number of nitrogens with one attached hydrogen (secondary N) is 1. The standard InChI is InChI=1S/C22H23N3O4/c1-29-15-11-9-14(10-12-15)13-25-18-7-3-2-5-16(18)21(27)20(24-25)22(28)23-17-6-4-8-19(17)26/h2-3,5,7,9-12,17,19,26H,4,6,8,13H2,1H3,(H,23,28)/t17-,19-/m0/s1. The summed E-state index contributed by atoms with van der Waals surface area (Å²) >= 11 is 0. The van der Waals surface area contributed by atoms with Crippen LogP contribution in [0.2, 0.25) is 0 Å². The van der Waals surface area contributed by atoms with Gasteiger partial charge >= 0.3 is 0 Å². The highest BCUT2D eigenvalue weighted by molar-refractivity contribution is 5.95. The first-order chi connectivity index (χ1) is 14.1. The molecule has 1 saturated carbocycles. The number of methoxy groups -OCH3 is 1. The van der Waals surface area contributed by atoms with Crippen LogP contribution in [0, 0.1) is 0 Å². The third-order valence-corrected chi connectivity index (χ3v) is 5.36. The molecule has 7 heteroatoms. The SMILES string of the molecule is COc1ccc(Cn2nc(C(=O)N[C@H]3CCC[C@@H]3O)c(=O)c3ccccc32)cc1. The molecule has 1 aliphatic rings. The average molecular weight is 393 g/mol. The summed E-state index contributed by atoms with van der Waals surface area (Å²) in [5.41, 5.74) is 1.06. The van der Waals surface area contributed by atoms with Gasteiger partial charge in [-0.2, -0.15) is 5.10 Å². The topological polar surface area (TPSA) is 93.5 Å². The molecule has 0 spiro atoms. The summed E-state index contributed by atoms with van der Waals surface area (Å²) in [5, 5.41) is 17.6. The molecule has 0 bridgehead atoms. The van der Waals surface area contributed by atoms with E-state index in [9.17, 15) is 14.7 Å². The van der Waals surface area contributed by atoms with Crippen LogP contribution in [0.25, 0.3) is 10.9 Å². The fraction of sp³-hybridized carbons (Fsp3) is 0.318. The van der Waals surface area contributed by atoms with Gasteiger partial charge in [-0.15, -0.1) is 0 Å². The largest absolute Gasteiger partial charge is 0.497 e. The lowest BCUT2D eigenvalue weighted by Gasteiger charge is -2.17. The van der Waals surface area contributed by atoms with Crippen LogP contribution in [0.4, 0.5) is 0 Å². The minimum atomic E-state index is -0.582. The van der Waals surface area contributed by atoms with Crippen molar-refractivity contribution in [1.82, 2.24) is 15.1 Å². The number of aromatic nitrogens is 2. The molecule has 0 aliphatic heterocycles. The number of carbonyl (C=O) groups is 1. The summed E-state index contributed by atoms with van der Waals surface area (Å²) in [7, 11) is 1.61. The molecule has 7 nitrogen and oxygen atoms in total. The van der Waals surface area contributed by atoms with Gasteiger partial charge in [-0.05, 0) is 49.1 Å². The zero-order valence-electron chi connectivity index (χ0n) is 16.2. The number of ether oxygens (including phenoxy) is 1. The molecule has 0 saturated heterocycles. The van der Waals surface area contributed by atoms with Gasteiger partial charge in [0.05, 0.1) is 31.3 Å². The van der Waals surface area contributed by atoms with E-state index in [0.29, 0.717) is 30.3 Å².